The Balaban J connectivity index is 1.46. The van der Waals surface area contributed by atoms with E-state index >= 15 is 0 Å². The Bertz CT molecular complexity index is 1060. The molecule has 0 atom stereocenters. The molecule has 3 N–H and O–H groups in total. The van der Waals surface area contributed by atoms with Crippen molar-refractivity contribution in [2.24, 2.45) is 11.1 Å². The number of amides is 1. The number of hydrogen-bond donors (Lipinski definition) is 2. The van der Waals surface area contributed by atoms with Gasteiger partial charge in [0.25, 0.3) is 0 Å². The molecule has 0 bridgehead atoms. The third-order valence-corrected chi connectivity index (χ3v) is 5.91. The minimum atomic E-state index is -0.183. The van der Waals surface area contributed by atoms with Crippen LogP contribution in [0.3, 0.4) is 0 Å². The molecule has 2 heterocycles. The molecule has 7 nitrogen and oxygen atoms in total. The monoisotopic (exact) mass is 393 g/mol. The standard InChI is InChI=1S/C22H27N5O2/c23-16-22(10-3-1-4-11-22)14-20(28)24-18-8-6-7-17(13-18)15-27-21(29)26-12-5-2-9-19(26)25-27/h2,5-9,12-13H,1,3-4,10-11,14-16,23H2,(H,24,28). The second kappa shape index (κ2) is 8.21. The summed E-state index contributed by atoms with van der Waals surface area (Å²) in [4.78, 5) is 25.1. The average Bonchev–Trinajstić information content (AvgIpc) is 3.04. The molecule has 152 valence electrons. The van der Waals surface area contributed by atoms with E-state index in [0.717, 1.165) is 36.9 Å². The second-order valence-electron chi connectivity index (χ2n) is 8.06. The molecule has 1 aliphatic rings. The maximum absolute atomic E-state index is 12.6. The summed E-state index contributed by atoms with van der Waals surface area (Å²) < 4.78 is 2.95. The van der Waals surface area contributed by atoms with Crippen molar-refractivity contribution < 1.29 is 4.79 Å². The van der Waals surface area contributed by atoms with Crippen LogP contribution in [0, 0.1) is 5.41 Å². The van der Waals surface area contributed by atoms with E-state index in [1.54, 1.807) is 18.3 Å². The van der Waals surface area contributed by atoms with Gasteiger partial charge in [-0.25, -0.2) is 9.48 Å². The molecule has 2 aromatic heterocycles. The van der Waals surface area contributed by atoms with E-state index in [9.17, 15) is 9.59 Å². The third-order valence-electron chi connectivity index (χ3n) is 5.91. The van der Waals surface area contributed by atoms with Crippen LogP contribution in [0.25, 0.3) is 5.65 Å². The van der Waals surface area contributed by atoms with Gasteiger partial charge in [-0.2, -0.15) is 0 Å². The fourth-order valence-corrected chi connectivity index (χ4v) is 4.29. The molecule has 3 aromatic rings. The molecule has 1 saturated carbocycles. The number of rotatable bonds is 6. The van der Waals surface area contributed by atoms with E-state index in [1.807, 2.05) is 30.3 Å². The maximum atomic E-state index is 12.6. The number of fused-ring (bicyclic) bond motifs is 1. The molecular weight excluding hydrogens is 366 g/mol. The van der Waals surface area contributed by atoms with Crippen molar-refractivity contribution in [3.05, 3.63) is 64.7 Å². The highest BCUT2D eigenvalue weighted by Crippen LogP contribution is 2.38. The van der Waals surface area contributed by atoms with Crippen molar-refractivity contribution in [3.63, 3.8) is 0 Å². The number of nitrogens with one attached hydrogen (secondary N) is 1. The highest BCUT2D eigenvalue weighted by molar-refractivity contribution is 5.91. The van der Waals surface area contributed by atoms with Crippen molar-refractivity contribution in [2.45, 2.75) is 45.1 Å². The summed E-state index contributed by atoms with van der Waals surface area (Å²) in [7, 11) is 0. The largest absolute Gasteiger partial charge is 0.350 e. The summed E-state index contributed by atoms with van der Waals surface area (Å²) >= 11 is 0. The van der Waals surface area contributed by atoms with Gasteiger partial charge in [-0.05, 0) is 54.6 Å². The average molecular weight is 393 g/mol. The van der Waals surface area contributed by atoms with Crippen LogP contribution < -0.4 is 16.7 Å². The van der Waals surface area contributed by atoms with Gasteiger partial charge in [-0.1, -0.05) is 37.5 Å². The number of carbonyl (C=O) groups excluding carboxylic acids is 1. The number of nitrogens with two attached hydrogens (primary N) is 1. The highest BCUT2D eigenvalue weighted by atomic mass is 16.2. The Labute approximate surface area is 169 Å². The minimum Gasteiger partial charge on any atom is -0.330 e. The van der Waals surface area contributed by atoms with Crippen LogP contribution in [-0.4, -0.2) is 26.6 Å². The molecule has 0 aliphatic heterocycles. The van der Waals surface area contributed by atoms with Crippen molar-refractivity contribution in [3.8, 4) is 0 Å². The van der Waals surface area contributed by atoms with Gasteiger partial charge < -0.3 is 11.1 Å². The van der Waals surface area contributed by atoms with E-state index in [0.29, 0.717) is 25.2 Å². The molecule has 0 unspecified atom stereocenters. The minimum absolute atomic E-state index is 0.000558. The van der Waals surface area contributed by atoms with E-state index in [4.69, 9.17) is 5.73 Å². The quantitative estimate of drug-likeness (QED) is 0.673. The molecule has 1 aromatic carbocycles. The topological polar surface area (TPSA) is 94.4 Å². The lowest BCUT2D eigenvalue weighted by atomic mass is 9.71. The van der Waals surface area contributed by atoms with Crippen molar-refractivity contribution in [1.82, 2.24) is 14.2 Å². The Morgan fingerprint density at radius 1 is 1.14 bits per heavy atom. The third kappa shape index (κ3) is 4.24. The first-order chi connectivity index (χ1) is 14.1. The Kier molecular flexibility index (Phi) is 5.49. The lowest BCUT2D eigenvalue weighted by Gasteiger charge is -2.35. The number of benzene rings is 1. The van der Waals surface area contributed by atoms with E-state index in [2.05, 4.69) is 10.4 Å². The Hall–Kier alpha value is -2.93. The predicted octanol–water partition coefficient (Wildman–Crippen LogP) is 2.78. The summed E-state index contributed by atoms with van der Waals surface area (Å²) in [6.45, 7) is 0.897. The van der Waals surface area contributed by atoms with Gasteiger partial charge in [-0.15, -0.1) is 5.10 Å². The number of nitrogens with zero attached hydrogens (tertiary/aromatic N) is 3. The van der Waals surface area contributed by atoms with Gasteiger partial charge in [0.1, 0.15) is 0 Å². The zero-order chi connectivity index (χ0) is 20.3. The van der Waals surface area contributed by atoms with Gasteiger partial charge in [0.15, 0.2) is 5.65 Å². The summed E-state index contributed by atoms with van der Waals surface area (Å²) in [5.41, 5.74) is 8.01. The maximum Gasteiger partial charge on any atom is 0.350 e. The Morgan fingerprint density at radius 3 is 2.72 bits per heavy atom. The molecular formula is C22H27N5O2. The van der Waals surface area contributed by atoms with Crippen molar-refractivity contribution in [2.75, 3.05) is 11.9 Å². The van der Waals surface area contributed by atoms with Gasteiger partial charge in [0.2, 0.25) is 5.91 Å². The van der Waals surface area contributed by atoms with Crippen molar-refractivity contribution in [1.29, 1.82) is 0 Å². The molecule has 0 radical (unpaired) electrons. The van der Waals surface area contributed by atoms with Gasteiger partial charge in [-0.3, -0.25) is 9.20 Å². The number of carbonyl (C=O) groups is 1. The summed E-state index contributed by atoms with van der Waals surface area (Å²) in [6, 6.07) is 13.0. The van der Waals surface area contributed by atoms with Gasteiger partial charge in [0.05, 0.1) is 6.54 Å². The molecule has 0 saturated heterocycles. The van der Waals surface area contributed by atoms with Crippen LogP contribution in [0.5, 0.6) is 0 Å². The lowest BCUT2D eigenvalue weighted by Crippen LogP contribution is -2.36. The van der Waals surface area contributed by atoms with Gasteiger partial charge >= 0.3 is 5.69 Å². The van der Waals surface area contributed by atoms with E-state index in [1.165, 1.54) is 15.5 Å². The number of aromatic nitrogens is 3. The first kappa shape index (κ1) is 19.4. The smallest absolute Gasteiger partial charge is 0.330 e. The van der Waals surface area contributed by atoms with Crippen LogP contribution in [0.15, 0.2) is 53.5 Å². The van der Waals surface area contributed by atoms with E-state index < -0.39 is 0 Å². The summed E-state index contributed by atoms with van der Waals surface area (Å²) in [5, 5.41) is 7.37. The molecule has 7 heteroatoms. The highest BCUT2D eigenvalue weighted by Gasteiger charge is 2.32. The van der Waals surface area contributed by atoms with Crippen LogP contribution in [0.2, 0.25) is 0 Å². The molecule has 0 spiro atoms. The zero-order valence-electron chi connectivity index (χ0n) is 16.5. The molecule has 29 heavy (non-hydrogen) atoms. The first-order valence-electron chi connectivity index (χ1n) is 10.2. The first-order valence-corrected chi connectivity index (χ1v) is 10.2. The molecule has 4 rings (SSSR count). The summed E-state index contributed by atoms with van der Waals surface area (Å²) in [5.74, 6) is -0.000558. The Morgan fingerprint density at radius 2 is 1.97 bits per heavy atom. The van der Waals surface area contributed by atoms with E-state index in [-0.39, 0.29) is 17.0 Å². The molecule has 1 amide bonds. The lowest BCUT2D eigenvalue weighted by molar-refractivity contribution is -0.118. The fourth-order valence-electron chi connectivity index (χ4n) is 4.29. The second-order valence-corrected chi connectivity index (χ2v) is 8.06. The van der Waals surface area contributed by atoms with Crippen LogP contribution in [0.1, 0.15) is 44.1 Å². The fraction of sp³-hybridized carbons (Fsp3) is 0.409. The number of anilines is 1. The van der Waals surface area contributed by atoms with Crippen LogP contribution in [0.4, 0.5) is 5.69 Å². The molecule has 1 aliphatic carbocycles. The van der Waals surface area contributed by atoms with Crippen LogP contribution >= 0.6 is 0 Å². The number of pyridine rings is 1. The SMILES string of the molecule is NCC1(CC(=O)Nc2cccc(Cn3nc4ccccn4c3=O)c2)CCCCC1. The zero-order valence-corrected chi connectivity index (χ0v) is 16.5. The summed E-state index contributed by atoms with van der Waals surface area (Å²) in [6.07, 6.45) is 7.73. The molecule has 1 fully saturated rings. The normalized spacial score (nSPS) is 16.0. The van der Waals surface area contributed by atoms with Crippen molar-refractivity contribution >= 4 is 17.2 Å². The van der Waals surface area contributed by atoms with Gasteiger partial charge in [0, 0.05) is 18.3 Å². The van der Waals surface area contributed by atoms with Crippen LogP contribution in [-0.2, 0) is 11.3 Å². The predicted molar refractivity (Wildman–Crippen MR) is 113 cm³/mol. The number of hydrogen-bond acceptors (Lipinski definition) is 4.